The number of para-hydroxylation sites is 1. The summed E-state index contributed by atoms with van der Waals surface area (Å²) in [5, 5.41) is 3.58. The second-order valence-electron chi connectivity index (χ2n) is 5.01. The standard InChI is InChI=1S/C16H17N3OS/c1-12-6-4-7-13-15(12)18-16(21-13)17-14(20)8-5-11-19-9-2-3-10-19/h2-4,6-7,9-10H,5,8,11H2,1H3,(H,17,18,20). The van der Waals surface area contributed by atoms with Crippen LogP contribution in [0.1, 0.15) is 18.4 Å². The van der Waals surface area contributed by atoms with Gasteiger partial charge in [0.05, 0.1) is 10.2 Å². The number of hydrogen-bond donors (Lipinski definition) is 1. The van der Waals surface area contributed by atoms with Crippen LogP contribution < -0.4 is 5.32 Å². The molecule has 0 saturated heterocycles. The van der Waals surface area contributed by atoms with Gasteiger partial charge in [-0.05, 0) is 37.1 Å². The van der Waals surface area contributed by atoms with E-state index in [1.54, 1.807) is 0 Å². The summed E-state index contributed by atoms with van der Waals surface area (Å²) in [4.78, 5) is 16.4. The maximum atomic E-state index is 11.9. The molecular formula is C16H17N3OS. The molecule has 0 bridgehead atoms. The average Bonchev–Trinajstić information content (AvgIpc) is 3.08. The SMILES string of the molecule is Cc1cccc2sc(NC(=O)CCCn3cccc3)nc12. The van der Waals surface area contributed by atoms with Crippen molar-refractivity contribution in [2.24, 2.45) is 0 Å². The van der Waals surface area contributed by atoms with Crippen molar-refractivity contribution in [2.45, 2.75) is 26.3 Å². The Balaban J connectivity index is 1.57. The smallest absolute Gasteiger partial charge is 0.226 e. The van der Waals surface area contributed by atoms with E-state index >= 15 is 0 Å². The zero-order valence-corrected chi connectivity index (χ0v) is 12.7. The van der Waals surface area contributed by atoms with E-state index in [0.717, 1.165) is 28.7 Å². The van der Waals surface area contributed by atoms with E-state index in [4.69, 9.17) is 0 Å². The molecule has 0 atom stereocenters. The number of aromatic nitrogens is 2. The number of carbonyl (C=O) groups is 1. The molecule has 1 amide bonds. The molecule has 2 heterocycles. The number of anilines is 1. The third-order valence-electron chi connectivity index (χ3n) is 3.35. The fourth-order valence-electron chi connectivity index (χ4n) is 2.26. The summed E-state index contributed by atoms with van der Waals surface area (Å²) in [6.45, 7) is 2.89. The summed E-state index contributed by atoms with van der Waals surface area (Å²) in [5.74, 6) is 0.0267. The van der Waals surface area contributed by atoms with Crippen molar-refractivity contribution >= 4 is 32.6 Å². The first-order valence-corrected chi connectivity index (χ1v) is 7.81. The van der Waals surface area contributed by atoms with Gasteiger partial charge in [-0.1, -0.05) is 23.5 Å². The Morgan fingerprint density at radius 1 is 1.29 bits per heavy atom. The van der Waals surface area contributed by atoms with E-state index in [0.29, 0.717) is 11.6 Å². The fraction of sp³-hybridized carbons (Fsp3) is 0.250. The van der Waals surface area contributed by atoms with E-state index in [-0.39, 0.29) is 5.91 Å². The van der Waals surface area contributed by atoms with Crippen LogP contribution in [-0.2, 0) is 11.3 Å². The minimum absolute atomic E-state index is 0.0267. The quantitative estimate of drug-likeness (QED) is 0.778. The highest BCUT2D eigenvalue weighted by Crippen LogP contribution is 2.27. The topological polar surface area (TPSA) is 46.9 Å². The number of carbonyl (C=O) groups excluding carboxylic acids is 1. The number of rotatable bonds is 5. The van der Waals surface area contributed by atoms with Crippen molar-refractivity contribution in [1.82, 2.24) is 9.55 Å². The van der Waals surface area contributed by atoms with Crippen molar-refractivity contribution in [2.75, 3.05) is 5.32 Å². The largest absolute Gasteiger partial charge is 0.354 e. The van der Waals surface area contributed by atoms with Gasteiger partial charge < -0.3 is 9.88 Å². The van der Waals surface area contributed by atoms with Crippen LogP contribution in [0.15, 0.2) is 42.7 Å². The second kappa shape index (κ2) is 6.10. The van der Waals surface area contributed by atoms with Gasteiger partial charge in [0.2, 0.25) is 5.91 Å². The van der Waals surface area contributed by atoms with Crippen LogP contribution in [-0.4, -0.2) is 15.5 Å². The van der Waals surface area contributed by atoms with Crippen LogP contribution in [0, 0.1) is 6.92 Å². The Labute approximate surface area is 127 Å². The van der Waals surface area contributed by atoms with Crippen LogP contribution >= 0.6 is 11.3 Å². The van der Waals surface area contributed by atoms with Crippen LogP contribution in [0.25, 0.3) is 10.2 Å². The van der Waals surface area contributed by atoms with E-state index in [2.05, 4.69) is 14.9 Å². The number of nitrogens with zero attached hydrogens (tertiary/aromatic N) is 2. The Kier molecular flexibility index (Phi) is 4.01. The monoisotopic (exact) mass is 299 g/mol. The van der Waals surface area contributed by atoms with Crippen molar-refractivity contribution < 1.29 is 4.79 Å². The summed E-state index contributed by atoms with van der Waals surface area (Å²) in [7, 11) is 0. The van der Waals surface area contributed by atoms with E-state index in [1.807, 2.05) is 49.6 Å². The predicted octanol–water partition coefficient (Wildman–Crippen LogP) is 3.83. The third kappa shape index (κ3) is 3.31. The first kappa shape index (κ1) is 13.8. The van der Waals surface area contributed by atoms with Crippen molar-refractivity contribution in [3.8, 4) is 0 Å². The average molecular weight is 299 g/mol. The molecule has 4 nitrogen and oxygen atoms in total. The Hall–Kier alpha value is -2.14. The lowest BCUT2D eigenvalue weighted by molar-refractivity contribution is -0.116. The molecular weight excluding hydrogens is 282 g/mol. The van der Waals surface area contributed by atoms with Crippen molar-refractivity contribution in [3.05, 3.63) is 48.3 Å². The minimum Gasteiger partial charge on any atom is -0.354 e. The van der Waals surface area contributed by atoms with Crippen LogP contribution in [0.4, 0.5) is 5.13 Å². The number of hydrogen-bond acceptors (Lipinski definition) is 3. The van der Waals surface area contributed by atoms with Gasteiger partial charge in [-0.3, -0.25) is 4.79 Å². The van der Waals surface area contributed by atoms with Crippen molar-refractivity contribution in [1.29, 1.82) is 0 Å². The first-order valence-electron chi connectivity index (χ1n) is 6.99. The molecule has 108 valence electrons. The predicted molar refractivity (Wildman–Crippen MR) is 86.7 cm³/mol. The summed E-state index contributed by atoms with van der Waals surface area (Å²) < 4.78 is 3.19. The Bertz CT molecular complexity index is 746. The van der Waals surface area contributed by atoms with Crippen LogP contribution in [0.2, 0.25) is 0 Å². The molecule has 21 heavy (non-hydrogen) atoms. The molecule has 0 spiro atoms. The number of aryl methyl sites for hydroxylation is 2. The van der Waals surface area contributed by atoms with Gasteiger partial charge in [0, 0.05) is 25.4 Å². The van der Waals surface area contributed by atoms with Gasteiger partial charge in [-0.15, -0.1) is 0 Å². The molecule has 0 aliphatic rings. The number of nitrogens with one attached hydrogen (secondary N) is 1. The summed E-state index contributed by atoms with van der Waals surface area (Å²) >= 11 is 1.52. The van der Waals surface area contributed by atoms with Gasteiger partial charge in [0.15, 0.2) is 5.13 Å². The zero-order valence-electron chi connectivity index (χ0n) is 11.9. The molecule has 0 unspecified atom stereocenters. The Morgan fingerprint density at radius 2 is 2.10 bits per heavy atom. The maximum absolute atomic E-state index is 11.9. The molecule has 3 rings (SSSR count). The van der Waals surface area contributed by atoms with E-state index < -0.39 is 0 Å². The lowest BCUT2D eigenvalue weighted by Crippen LogP contribution is -2.11. The number of benzene rings is 1. The number of thiazole rings is 1. The summed E-state index contributed by atoms with van der Waals surface area (Å²) in [5.41, 5.74) is 2.11. The lowest BCUT2D eigenvalue weighted by Gasteiger charge is -2.03. The molecule has 5 heteroatoms. The van der Waals surface area contributed by atoms with Gasteiger partial charge in [-0.2, -0.15) is 0 Å². The van der Waals surface area contributed by atoms with Gasteiger partial charge in [0.1, 0.15) is 0 Å². The molecule has 0 fully saturated rings. The number of amides is 1. The van der Waals surface area contributed by atoms with E-state index in [9.17, 15) is 4.79 Å². The lowest BCUT2D eigenvalue weighted by atomic mass is 10.2. The first-order chi connectivity index (χ1) is 10.2. The molecule has 0 radical (unpaired) electrons. The Morgan fingerprint density at radius 3 is 2.86 bits per heavy atom. The van der Waals surface area contributed by atoms with Crippen molar-refractivity contribution in [3.63, 3.8) is 0 Å². The number of fused-ring (bicyclic) bond motifs is 1. The second-order valence-corrected chi connectivity index (χ2v) is 6.04. The highest BCUT2D eigenvalue weighted by molar-refractivity contribution is 7.22. The van der Waals surface area contributed by atoms with Gasteiger partial charge >= 0.3 is 0 Å². The molecule has 0 aliphatic carbocycles. The molecule has 0 saturated carbocycles. The normalized spacial score (nSPS) is 10.9. The fourth-order valence-corrected chi connectivity index (χ4v) is 3.22. The molecule has 3 aromatic rings. The molecule has 0 aliphatic heterocycles. The van der Waals surface area contributed by atoms with Gasteiger partial charge in [0.25, 0.3) is 0 Å². The summed E-state index contributed by atoms with van der Waals surface area (Å²) in [6, 6.07) is 10.1. The highest BCUT2D eigenvalue weighted by Gasteiger charge is 2.08. The molecule has 1 aromatic carbocycles. The summed E-state index contributed by atoms with van der Waals surface area (Å²) in [6.07, 6.45) is 5.35. The molecule has 1 N–H and O–H groups in total. The third-order valence-corrected chi connectivity index (χ3v) is 4.29. The van der Waals surface area contributed by atoms with E-state index in [1.165, 1.54) is 11.3 Å². The maximum Gasteiger partial charge on any atom is 0.226 e. The van der Waals surface area contributed by atoms with Crippen LogP contribution in [0.5, 0.6) is 0 Å². The minimum atomic E-state index is 0.0267. The molecule has 2 aromatic heterocycles. The van der Waals surface area contributed by atoms with Crippen LogP contribution in [0.3, 0.4) is 0 Å². The highest BCUT2D eigenvalue weighted by atomic mass is 32.1. The van der Waals surface area contributed by atoms with Gasteiger partial charge in [-0.25, -0.2) is 4.98 Å². The zero-order chi connectivity index (χ0) is 14.7.